The first-order valence-electron chi connectivity index (χ1n) is 8.58. The van der Waals surface area contributed by atoms with Gasteiger partial charge in [0.1, 0.15) is 11.5 Å². The van der Waals surface area contributed by atoms with E-state index in [2.05, 4.69) is 34.7 Å². The van der Waals surface area contributed by atoms with Crippen molar-refractivity contribution in [2.75, 3.05) is 18.4 Å². The SMILES string of the molecule is CCCNC(=O)CCNc1c(-c2cccc(C)c2)nc2cnccn12. The van der Waals surface area contributed by atoms with Crippen LogP contribution in [-0.4, -0.2) is 33.4 Å². The molecule has 0 atom stereocenters. The summed E-state index contributed by atoms with van der Waals surface area (Å²) in [4.78, 5) is 20.7. The van der Waals surface area contributed by atoms with Crippen molar-refractivity contribution in [2.24, 2.45) is 0 Å². The molecule has 2 N–H and O–H groups in total. The molecule has 2 aromatic heterocycles. The molecule has 3 aromatic rings. The Morgan fingerprint density at radius 3 is 2.96 bits per heavy atom. The number of amides is 1. The summed E-state index contributed by atoms with van der Waals surface area (Å²) in [6, 6.07) is 8.23. The molecule has 130 valence electrons. The summed E-state index contributed by atoms with van der Waals surface area (Å²) >= 11 is 0. The topological polar surface area (TPSA) is 71.3 Å². The number of hydrogen-bond donors (Lipinski definition) is 2. The van der Waals surface area contributed by atoms with Gasteiger partial charge in [-0.1, -0.05) is 30.7 Å². The Morgan fingerprint density at radius 1 is 1.28 bits per heavy atom. The zero-order chi connectivity index (χ0) is 17.6. The molecule has 0 spiro atoms. The number of aryl methyl sites for hydroxylation is 1. The van der Waals surface area contributed by atoms with E-state index >= 15 is 0 Å². The Kier molecular flexibility index (Phi) is 5.28. The lowest BCUT2D eigenvalue weighted by atomic mass is 10.1. The molecule has 0 unspecified atom stereocenters. The number of carbonyl (C=O) groups is 1. The average molecular weight is 337 g/mol. The molecular weight excluding hydrogens is 314 g/mol. The first-order chi connectivity index (χ1) is 12.2. The smallest absolute Gasteiger partial charge is 0.221 e. The number of anilines is 1. The first-order valence-corrected chi connectivity index (χ1v) is 8.58. The molecule has 3 rings (SSSR count). The maximum atomic E-state index is 11.8. The van der Waals surface area contributed by atoms with Crippen molar-refractivity contribution in [3.63, 3.8) is 0 Å². The Hall–Kier alpha value is -2.89. The second-order valence-corrected chi connectivity index (χ2v) is 6.01. The summed E-state index contributed by atoms with van der Waals surface area (Å²) in [7, 11) is 0. The van der Waals surface area contributed by atoms with E-state index in [4.69, 9.17) is 4.98 Å². The summed E-state index contributed by atoms with van der Waals surface area (Å²) in [6.45, 7) is 5.37. The molecule has 0 aliphatic heterocycles. The maximum absolute atomic E-state index is 11.8. The number of hydrogen-bond acceptors (Lipinski definition) is 4. The van der Waals surface area contributed by atoms with Crippen LogP contribution >= 0.6 is 0 Å². The number of nitrogens with one attached hydrogen (secondary N) is 2. The summed E-state index contributed by atoms with van der Waals surface area (Å²) in [5.41, 5.74) is 3.86. The van der Waals surface area contributed by atoms with Crippen molar-refractivity contribution in [2.45, 2.75) is 26.7 Å². The predicted molar refractivity (Wildman–Crippen MR) is 99.6 cm³/mol. The Labute approximate surface area is 147 Å². The predicted octanol–water partition coefficient (Wildman–Crippen LogP) is 3.03. The summed E-state index contributed by atoms with van der Waals surface area (Å²) in [5.74, 6) is 0.938. The van der Waals surface area contributed by atoms with Gasteiger partial charge in [0, 0.05) is 37.5 Å². The third-order valence-corrected chi connectivity index (χ3v) is 3.94. The van der Waals surface area contributed by atoms with Gasteiger partial charge in [-0.3, -0.25) is 14.2 Å². The van der Waals surface area contributed by atoms with Crippen LogP contribution in [0, 0.1) is 6.92 Å². The molecule has 0 saturated carbocycles. The van der Waals surface area contributed by atoms with Crippen molar-refractivity contribution < 1.29 is 4.79 Å². The standard InChI is InChI=1S/C19H23N5O/c1-3-8-21-17(25)7-9-22-19-18(15-6-4-5-14(2)12-15)23-16-13-20-10-11-24(16)19/h4-6,10-13,22H,3,7-9H2,1-2H3,(H,21,25). The van der Waals surface area contributed by atoms with E-state index in [1.165, 1.54) is 5.56 Å². The van der Waals surface area contributed by atoms with E-state index in [0.717, 1.165) is 29.1 Å². The molecule has 6 nitrogen and oxygen atoms in total. The highest BCUT2D eigenvalue weighted by Gasteiger charge is 2.14. The fourth-order valence-corrected chi connectivity index (χ4v) is 2.72. The van der Waals surface area contributed by atoms with Crippen LogP contribution in [0.3, 0.4) is 0 Å². The van der Waals surface area contributed by atoms with E-state index in [9.17, 15) is 4.79 Å². The summed E-state index contributed by atoms with van der Waals surface area (Å²) < 4.78 is 1.97. The molecule has 0 radical (unpaired) electrons. The Bertz CT molecular complexity index is 871. The van der Waals surface area contributed by atoms with Crippen molar-refractivity contribution in [1.29, 1.82) is 0 Å². The van der Waals surface area contributed by atoms with Crippen molar-refractivity contribution in [1.82, 2.24) is 19.7 Å². The average Bonchev–Trinajstić information content (AvgIpc) is 2.99. The highest BCUT2D eigenvalue weighted by atomic mass is 16.1. The molecule has 25 heavy (non-hydrogen) atoms. The van der Waals surface area contributed by atoms with Crippen LogP contribution in [0.25, 0.3) is 16.9 Å². The number of aromatic nitrogens is 3. The molecule has 1 aromatic carbocycles. The monoisotopic (exact) mass is 337 g/mol. The lowest BCUT2D eigenvalue weighted by molar-refractivity contribution is -0.120. The van der Waals surface area contributed by atoms with Gasteiger partial charge in [0.05, 0.1) is 6.20 Å². The van der Waals surface area contributed by atoms with Crippen LogP contribution in [0.2, 0.25) is 0 Å². The second kappa shape index (κ2) is 7.79. The van der Waals surface area contributed by atoms with Crippen LogP contribution in [0.4, 0.5) is 5.82 Å². The van der Waals surface area contributed by atoms with E-state index in [0.29, 0.717) is 19.5 Å². The molecule has 6 heteroatoms. The number of rotatable bonds is 7. The van der Waals surface area contributed by atoms with Gasteiger partial charge in [-0.15, -0.1) is 0 Å². The minimum absolute atomic E-state index is 0.0574. The number of benzene rings is 1. The largest absolute Gasteiger partial charge is 0.369 e. The molecule has 0 aliphatic carbocycles. The fourth-order valence-electron chi connectivity index (χ4n) is 2.72. The van der Waals surface area contributed by atoms with Gasteiger partial charge in [0.2, 0.25) is 5.91 Å². The molecule has 0 saturated heterocycles. The van der Waals surface area contributed by atoms with Gasteiger partial charge in [-0.2, -0.15) is 0 Å². The summed E-state index contributed by atoms with van der Waals surface area (Å²) in [5, 5.41) is 6.27. The molecule has 1 amide bonds. The zero-order valence-electron chi connectivity index (χ0n) is 14.6. The van der Waals surface area contributed by atoms with Gasteiger partial charge in [-0.25, -0.2) is 4.98 Å². The number of fused-ring (bicyclic) bond motifs is 1. The minimum Gasteiger partial charge on any atom is -0.369 e. The van der Waals surface area contributed by atoms with E-state index in [1.807, 2.05) is 29.7 Å². The summed E-state index contributed by atoms with van der Waals surface area (Å²) in [6.07, 6.45) is 6.70. The maximum Gasteiger partial charge on any atom is 0.221 e. The first kappa shape index (κ1) is 17.0. The molecule has 0 bridgehead atoms. The highest BCUT2D eigenvalue weighted by molar-refractivity contribution is 5.78. The van der Waals surface area contributed by atoms with Gasteiger partial charge < -0.3 is 10.6 Å². The Balaban J connectivity index is 1.85. The number of nitrogens with zero attached hydrogens (tertiary/aromatic N) is 3. The van der Waals surface area contributed by atoms with Gasteiger partial charge in [0.25, 0.3) is 0 Å². The fraction of sp³-hybridized carbons (Fsp3) is 0.316. The van der Waals surface area contributed by atoms with Crippen LogP contribution < -0.4 is 10.6 Å². The van der Waals surface area contributed by atoms with Gasteiger partial charge >= 0.3 is 0 Å². The third-order valence-electron chi connectivity index (χ3n) is 3.94. The number of imidazole rings is 1. The zero-order valence-corrected chi connectivity index (χ0v) is 14.6. The Morgan fingerprint density at radius 2 is 2.16 bits per heavy atom. The highest BCUT2D eigenvalue weighted by Crippen LogP contribution is 2.28. The molecule has 0 aliphatic rings. The van der Waals surface area contributed by atoms with Crippen LogP contribution in [0.1, 0.15) is 25.3 Å². The van der Waals surface area contributed by atoms with E-state index in [1.54, 1.807) is 12.4 Å². The van der Waals surface area contributed by atoms with Gasteiger partial charge in [-0.05, 0) is 19.4 Å². The van der Waals surface area contributed by atoms with Crippen molar-refractivity contribution in [3.05, 3.63) is 48.4 Å². The molecule has 0 fully saturated rings. The molecule has 2 heterocycles. The lowest BCUT2D eigenvalue weighted by Gasteiger charge is -2.09. The molecular formula is C19H23N5O. The number of carbonyl (C=O) groups excluding carboxylic acids is 1. The van der Waals surface area contributed by atoms with Crippen molar-refractivity contribution in [3.8, 4) is 11.3 Å². The van der Waals surface area contributed by atoms with Crippen LogP contribution in [0.5, 0.6) is 0 Å². The quantitative estimate of drug-likeness (QED) is 0.695. The van der Waals surface area contributed by atoms with Crippen LogP contribution in [-0.2, 0) is 4.79 Å². The van der Waals surface area contributed by atoms with E-state index in [-0.39, 0.29) is 5.91 Å². The van der Waals surface area contributed by atoms with Gasteiger partial charge in [0.15, 0.2) is 5.65 Å². The normalized spacial score (nSPS) is 10.8. The van der Waals surface area contributed by atoms with E-state index < -0.39 is 0 Å². The second-order valence-electron chi connectivity index (χ2n) is 6.01. The third kappa shape index (κ3) is 3.96. The van der Waals surface area contributed by atoms with Crippen LogP contribution in [0.15, 0.2) is 42.9 Å². The van der Waals surface area contributed by atoms with Crippen molar-refractivity contribution >= 4 is 17.4 Å². The lowest BCUT2D eigenvalue weighted by Crippen LogP contribution is -2.26. The minimum atomic E-state index is 0.0574.